The van der Waals surface area contributed by atoms with Gasteiger partial charge in [-0.3, -0.25) is 19.6 Å². The molecule has 0 aliphatic carbocycles. The van der Waals surface area contributed by atoms with Crippen LogP contribution in [-0.4, -0.2) is 52.7 Å². The van der Waals surface area contributed by atoms with Crippen LogP contribution < -0.4 is 0 Å². The van der Waals surface area contributed by atoms with Crippen molar-refractivity contribution in [3.05, 3.63) is 82.6 Å². The van der Waals surface area contributed by atoms with Crippen LogP contribution in [0.2, 0.25) is 0 Å². The summed E-state index contributed by atoms with van der Waals surface area (Å²) in [6.45, 7) is 6.65. The van der Waals surface area contributed by atoms with Crippen molar-refractivity contribution < 1.29 is 4.79 Å². The molecule has 0 atom stereocenters. The first kappa shape index (κ1) is 17.2. The highest BCUT2D eigenvalue weighted by atomic mass is 16.2. The van der Waals surface area contributed by atoms with Gasteiger partial charge in [-0.15, -0.1) is 0 Å². The molecule has 5 rings (SSSR count). The third-order valence-electron chi connectivity index (χ3n) is 5.70. The van der Waals surface area contributed by atoms with Gasteiger partial charge in [0.15, 0.2) is 0 Å². The summed E-state index contributed by atoms with van der Waals surface area (Å²) in [5.41, 5.74) is 5.73. The Hall–Kier alpha value is -2.92. The Morgan fingerprint density at radius 1 is 0.929 bits per heavy atom. The van der Waals surface area contributed by atoms with E-state index in [0.717, 1.165) is 49.0 Å². The lowest BCUT2D eigenvalue weighted by Gasteiger charge is -2.35. The summed E-state index contributed by atoms with van der Waals surface area (Å²) in [5, 5.41) is 0. The van der Waals surface area contributed by atoms with E-state index >= 15 is 0 Å². The molecule has 1 amide bonds. The molecule has 3 aliphatic rings. The van der Waals surface area contributed by atoms with Gasteiger partial charge in [-0.25, -0.2) is 0 Å². The maximum absolute atomic E-state index is 13.4. The van der Waals surface area contributed by atoms with Crippen molar-refractivity contribution in [1.82, 2.24) is 14.7 Å². The number of fused-ring (bicyclic) bond motifs is 2. The lowest BCUT2D eigenvalue weighted by atomic mass is 10.1. The monoisotopic (exact) mass is 372 g/mol. The highest BCUT2D eigenvalue weighted by Crippen LogP contribution is 2.32. The molecule has 2 aromatic rings. The first-order valence-corrected chi connectivity index (χ1v) is 9.87. The average molecular weight is 372 g/mol. The minimum Gasteiger partial charge on any atom is -0.312 e. The topological polar surface area (TPSA) is 39.2 Å². The Morgan fingerprint density at radius 3 is 2.46 bits per heavy atom. The van der Waals surface area contributed by atoms with E-state index in [0.29, 0.717) is 13.1 Å². The van der Waals surface area contributed by atoms with Crippen molar-refractivity contribution in [3.63, 3.8) is 0 Å². The van der Waals surface area contributed by atoms with Crippen molar-refractivity contribution >= 4 is 11.9 Å². The molecule has 2 aromatic carbocycles. The summed E-state index contributed by atoms with van der Waals surface area (Å²) < 4.78 is 0. The number of benzene rings is 2. The molecule has 3 heterocycles. The van der Waals surface area contributed by atoms with Crippen molar-refractivity contribution in [3.8, 4) is 0 Å². The molecule has 28 heavy (non-hydrogen) atoms. The predicted molar refractivity (Wildman–Crippen MR) is 109 cm³/mol. The standard InChI is InChI=1S/C23H24N4O/c1-17-7-9-19(10-8-17)14-27-22(28)20-15-25(13-18-5-3-2-4-6-18)16-21(20)26-12-11-24-23(26)27/h2-10H,11-16H2,1H3. The predicted octanol–water partition coefficient (Wildman–Crippen LogP) is 2.78. The van der Waals surface area contributed by atoms with Gasteiger partial charge in [-0.2, -0.15) is 0 Å². The zero-order valence-electron chi connectivity index (χ0n) is 16.1. The minimum atomic E-state index is 0.114. The molecule has 0 bridgehead atoms. The third-order valence-corrected chi connectivity index (χ3v) is 5.70. The van der Waals surface area contributed by atoms with E-state index in [4.69, 9.17) is 0 Å². The van der Waals surface area contributed by atoms with E-state index < -0.39 is 0 Å². The molecule has 0 aromatic heterocycles. The van der Waals surface area contributed by atoms with E-state index in [1.165, 1.54) is 11.1 Å². The summed E-state index contributed by atoms with van der Waals surface area (Å²) in [4.78, 5) is 24.5. The molecule has 5 heteroatoms. The SMILES string of the molecule is Cc1ccc(CN2C(=O)C3=C(CN(Cc4ccccc4)C3)N3CCN=C23)cc1. The Balaban J connectivity index is 1.39. The molecule has 142 valence electrons. The minimum absolute atomic E-state index is 0.114. The van der Waals surface area contributed by atoms with Gasteiger partial charge in [0, 0.05) is 31.9 Å². The zero-order valence-corrected chi connectivity index (χ0v) is 16.1. The summed E-state index contributed by atoms with van der Waals surface area (Å²) in [6, 6.07) is 18.9. The van der Waals surface area contributed by atoms with Crippen LogP contribution in [0.1, 0.15) is 16.7 Å². The van der Waals surface area contributed by atoms with Crippen LogP contribution >= 0.6 is 0 Å². The quantitative estimate of drug-likeness (QED) is 0.829. The lowest BCUT2D eigenvalue weighted by molar-refractivity contribution is -0.125. The second kappa shape index (κ2) is 6.91. The highest BCUT2D eigenvalue weighted by molar-refractivity contribution is 6.10. The number of aliphatic imine (C=N–C) groups is 1. The molecule has 0 saturated carbocycles. The number of carbonyl (C=O) groups excluding carboxylic acids is 1. The Bertz CT molecular complexity index is 962. The number of amides is 1. The van der Waals surface area contributed by atoms with Gasteiger partial charge in [-0.05, 0) is 18.1 Å². The number of hydrogen-bond donors (Lipinski definition) is 0. The van der Waals surface area contributed by atoms with Gasteiger partial charge in [0.2, 0.25) is 5.96 Å². The second-order valence-corrected chi connectivity index (χ2v) is 7.77. The lowest BCUT2D eigenvalue weighted by Crippen LogP contribution is -2.49. The summed E-state index contributed by atoms with van der Waals surface area (Å²) >= 11 is 0. The molecule has 0 unspecified atom stereocenters. The number of rotatable bonds is 4. The number of hydrogen-bond acceptors (Lipinski definition) is 4. The van der Waals surface area contributed by atoms with Gasteiger partial charge in [0.1, 0.15) is 0 Å². The molecule has 0 spiro atoms. The van der Waals surface area contributed by atoms with E-state index in [1.807, 2.05) is 11.0 Å². The average Bonchev–Trinajstić information content (AvgIpc) is 3.34. The first-order chi connectivity index (χ1) is 13.7. The fraction of sp³-hybridized carbons (Fsp3) is 0.304. The van der Waals surface area contributed by atoms with E-state index in [9.17, 15) is 4.79 Å². The number of carbonyl (C=O) groups is 1. The number of guanidine groups is 1. The molecular formula is C23H24N4O. The van der Waals surface area contributed by atoms with Crippen molar-refractivity contribution in [2.45, 2.75) is 20.0 Å². The zero-order chi connectivity index (χ0) is 19.1. The van der Waals surface area contributed by atoms with Crippen LogP contribution in [0.4, 0.5) is 0 Å². The van der Waals surface area contributed by atoms with Crippen LogP contribution in [0.25, 0.3) is 0 Å². The largest absolute Gasteiger partial charge is 0.312 e. The number of nitrogens with zero attached hydrogens (tertiary/aromatic N) is 4. The molecule has 0 N–H and O–H groups in total. The molecule has 3 aliphatic heterocycles. The first-order valence-electron chi connectivity index (χ1n) is 9.87. The van der Waals surface area contributed by atoms with Crippen LogP contribution in [0.15, 0.2) is 70.9 Å². The fourth-order valence-corrected chi connectivity index (χ4v) is 4.27. The second-order valence-electron chi connectivity index (χ2n) is 7.77. The molecule has 5 nitrogen and oxygen atoms in total. The van der Waals surface area contributed by atoms with E-state index in [-0.39, 0.29) is 5.91 Å². The van der Waals surface area contributed by atoms with E-state index in [2.05, 4.69) is 70.2 Å². The Labute approximate surface area is 165 Å². The molecule has 0 fully saturated rings. The van der Waals surface area contributed by atoms with Crippen LogP contribution in [0.3, 0.4) is 0 Å². The highest BCUT2D eigenvalue weighted by Gasteiger charge is 2.42. The maximum Gasteiger partial charge on any atom is 0.259 e. The maximum atomic E-state index is 13.4. The number of aryl methyl sites for hydroxylation is 1. The summed E-state index contributed by atoms with van der Waals surface area (Å²) in [5.74, 6) is 0.939. The van der Waals surface area contributed by atoms with Crippen LogP contribution in [-0.2, 0) is 17.9 Å². The Kier molecular flexibility index (Phi) is 4.24. The molecular weight excluding hydrogens is 348 g/mol. The summed E-state index contributed by atoms with van der Waals surface area (Å²) in [6.07, 6.45) is 0. The van der Waals surface area contributed by atoms with Crippen molar-refractivity contribution in [2.24, 2.45) is 4.99 Å². The summed E-state index contributed by atoms with van der Waals surface area (Å²) in [7, 11) is 0. The van der Waals surface area contributed by atoms with Gasteiger partial charge < -0.3 is 4.90 Å². The van der Waals surface area contributed by atoms with Crippen LogP contribution in [0, 0.1) is 6.92 Å². The fourth-order valence-electron chi connectivity index (χ4n) is 4.27. The van der Waals surface area contributed by atoms with Gasteiger partial charge in [-0.1, -0.05) is 60.2 Å². The van der Waals surface area contributed by atoms with Crippen molar-refractivity contribution in [1.29, 1.82) is 0 Å². The van der Waals surface area contributed by atoms with Crippen LogP contribution in [0.5, 0.6) is 0 Å². The van der Waals surface area contributed by atoms with Gasteiger partial charge in [0.25, 0.3) is 5.91 Å². The third kappa shape index (κ3) is 3.02. The van der Waals surface area contributed by atoms with E-state index in [1.54, 1.807) is 0 Å². The molecule has 0 saturated heterocycles. The smallest absolute Gasteiger partial charge is 0.259 e. The molecule has 0 radical (unpaired) electrons. The van der Waals surface area contributed by atoms with Gasteiger partial charge >= 0.3 is 0 Å². The van der Waals surface area contributed by atoms with Crippen molar-refractivity contribution in [2.75, 3.05) is 26.2 Å². The van der Waals surface area contributed by atoms with Gasteiger partial charge in [0.05, 0.1) is 18.7 Å². The Morgan fingerprint density at radius 2 is 1.68 bits per heavy atom. The normalized spacial score (nSPS) is 19.2.